The Hall–Kier alpha value is -0.823. The standard InChI is InChI=1S/C19H32F2O3Si/c1-14(2)22-25(23-15(3)4,24-16(5)6)12-8-7-9-17-10-11-18(20)13-19(17)21/h10-11,13-16H,7-9,12H2,1-6H3. The third-order valence-electron chi connectivity index (χ3n) is 3.44. The largest absolute Gasteiger partial charge is 0.501 e. The molecule has 0 N–H and O–H groups in total. The molecule has 0 saturated heterocycles. The fourth-order valence-corrected chi connectivity index (χ4v) is 6.08. The average Bonchev–Trinajstić information content (AvgIpc) is 2.43. The van der Waals surface area contributed by atoms with E-state index in [-0.39, 0.29) is 18.3 Å². The quantitative estimate of drug-likeness (QED) is 0.378. The van der Waals surface area contributed by atoms with Crippen LogP contribution in [0.1, 0.15) is 59.9 Å². The molecule has 0 fully saturated rings. The van der Waals surface area contributed by atoms with Gasteiger partial charge in [-0.15, -0.1) is 0 Å². The van der Waals surface area contributed by atoms with Crippen LogP contribution in [0.25, 0.3) is 0 Å². The van der Waals surface area contributed by atoms with Crippen LogP contribution in [0.4, 0.5) is 8.78 Å². The van der Waals surface area contributed by atoms with Crippen LogP contribution in [0, 0.1) is 11.6 Å². The first-order valence-electron chi connectivity index (χ1n) is 9.11. The van der Waals surface area contributed by atoms with Crippen LogP contribution in [-0.2, 0) is 19.7 Å². The second-order valence-electron chi connectivity index (χ2n) is 7.13. The van der Waals surface area contributed by atoms with Crippen molar-refractivity contribution in [3.63, 3.8) is 0 Å². The van der Waals surface area contributed by atoms with Gasteiger partial charge in [-0.2, -0.15) is 0 Å². The van der Waals surface area contributed by atoms with Crippen molar-refractivity contribution in [2.75, 3.05) is 0 Å². The van der Waals surface area contributed by atoms with E-state index in [9.17, 15) is 8.78 Å². The number of rotatable bonds is 11. The predicted molar refractivity (Wildman–Crippen MR) is 98.5 cm³/mol. The van der Waals surface area contributed by atoms with Crippen LogP contribution in [0.15, 0.2) is 18.2 Å². The van der Waals surface area contributed by atoms with E-state index in [0.29, 0.717) is 18.0 Å². The minimum atomic E-state index is -2.80. The summed E-state index contributed by atoms with van der Waals surface area (Å²) in [7, 11) is -2.80. The van der Waals surface area contributed by atoms with Crippen LogP contribution in [-0.4, -0.2) is 27.1 Å². The zero-order valence-electron chi connectivity index (χ0n) is 16.3. The molecule has 0 spiro atoms. The monoisotopic (exact) mass is 374 g/mol. The first-order chi connectivity index (χ1) is 11.6. The van der Waals surface area contributed by atoms with E-state index in [1.807, 2.05) is 41.5 Å². The minimum Gasteiger partial charge on any atom is -0.371 e. The Morgan fingerprint density at radius 2 is 1.36 bits per heavy atom. The Kier molecular flexibility index (Phi) is 9.20. The predicted octanol–water partition coefficient (Wildman–Crippen LogP) is 5.50. The average molecular weight is 375 g/mol. The molecule has 25 heavy (non-hydrogen) atoms. The van der Waals surface area contributed by atoms with E-state index < -0.39 is 20.4 Å². The van der Waals surface area contributed by atoms with Crippen molar-refractivity contribution in [1.29, 1.82) is 0 Å². The van der Waals surface area contributed by atoms with Gasteiger partial charge in [0.2, 0.25) is 0 Å². The number of aryl methyl sites for hydroxylation is 1. The zero-order chi connectivity index (χ0) is 19.0. The lowest BCUT2D eigenvalue weighted by molar-refractivity contribution is 0.00281. The highest BCUT2D eigenvalue weighted by Crippen LogP contribution is 2.25. The topological polar surface area (TPSA) is 27.7 Å². The van der Waals surface area contributed by atoms with Crippen LogP contribution < -0.4 is 0 Å². The highest BCUT2D eigenvalue weighted by molar-refractivity contribution is 6.60. The summed E-state index contributed by atoms with van der Waals surface area (Å²) in [6, 6.07) is 4.42. The van der Waals surface area contributed by atoms with E-state index in [2.05, 4.69) is 0 Å². The zero-order valence-corrected chi connectivity index (χ0v) is 17.3. The van der Waals surface area contributed by atoms with Gasteiger partial charge in [-0.25, -0.2) is 8.78 Å². The SMILES string of the molecule is CC(C)O[Si](CCCCc1ccc(F)cc1F)(OC(C)C)OC(C)C. The minimum absolute atomic E-state index is 0.0127. The fraction of sp³-hybridized carbons (Fsp3) is 0.684. The van der Waals surface area contributed by atoms with Crippen LogP contribution >= 0.6 is 0 Å². The van der Waals surface area contributed by atoms with Crippen molar-refractivity contribution in [3.05, 3.63) is 35.4 Å². The molecule has 0 aromatic heterocycles. The number of unbranched alkanes of at least 4 members (excludes halogenated alkanes) is 1. The molecule has 0 aliphatic heterocycles. The molecule has 6 heteroatoms. The number of hydrogen-bond donors (Lipinski definition) is 0. The maximum absolute atomic E-state index is 13.7. The third-order valence-corrected chi connectivity index (χ3v) is 6.90. The highest BCUT2D eigenvalue weighted by Gasteiger charge is 2.43. The molecule has 1 rings (SSSR count). The Morgan fingerprint density at radius 1 is 0.840 bits per heavy atom. The van der Waals surface area contributed by atoms with Crippen molar-refractivity contribution in [1.82, 2.24) is 0 Å². The Balaban J connectivity index is 2.69. The molecule has 1 aromatic rings. The molecule has 0 atom stereocenters. The normalized spacial score (nSPS) is 12.6. The van der Waals surface area contributed by atoms with Gasteiger partial charge in [0.1, 0.15) is 11.6 Å². The maximum Gasteiger partial charge on any atom is 0.501 e. The van der Waals surface area contributed by atoms with Gasteiger partial charge in [0.15, 0.2) is 0 Å². The summed E-state index contributed by atoms with van der Waals surface area (Å²) in [6.07, 6.45) is 2.16. The molecule has 0 unspecified atom stereocenters. The number of hydrogen-bond acceptors (Lipinski definition) is 3. The summed E-state index contributed by atoms with van der Waals surface area (Å²) in [5.41, 5.74) is 0.535. The van der Waals surface area contributed by atoms with Crippen LogP contribution in [0.5, 0.6) is 0 Å². The summed E-state index contributed by atoms with van der Waals surface area (Å²) < 4.78 is 45.1. The van der Waals surface area contributed by atoms with Crippen molar-refractivity contribution in [2.24, 2.45) is 0 Å². The second kappa shape index (κ2) is 10.4. The summed E-state index contributed by atoms with van der Waals surface area (Å²) in [4.78, 5) is 0. The highest BCUT2D eigenvalue weighted by atomic mass is 28.4. The van der Waals surface area contributed by atoms with Crippen molar-refractivity contribution in [3.8, 4) is 0 Å². The van der Waals surface area contributed by atoms with Gasteiger partial charge in [0.05, 0.1) is 0 Å². The fourth-order valence-electron chi connectivity index (χ4n) is 2.72. The van der Waals surface area contributed by atoms with E-state index in [4.69, 9.17) is 13.3 Å². The molecule has 0 heterocycles. The molecule has 0 radical (unpaired) electrons. The molecule has 3 nitrogen and oxygen atoms in total. The van der Waals surface area contributed by atoms with Gasteiger partial charge in [0.25, 0.3) is 0 Å². The maximum atomic E-state index is 13.7. The molecule has 0 aliphatic carbocycles. The lowest BCUT2D eigenvalue weighted by Crippen LogP contribution is -2.50. The molecule has 0 bridgehead atoms. The molecule has 0 amide bonds. The van der Waals surface area contributed by atoms with Crippen molar-refractivity contribution < 1.29 is 22.1 Å². The summed E-state index contributed by atoms with van der Waals surface area (Å²) in [6.45, 7) is 11.9. The van der Waals surface area contributed by atoms with Crippen LogP contribution in [0.3, 0.4) is 0 Å². The Labute approximate surface area is 152 Å². The molecule has 0 saturated carbocycles. The molecule has 144 valence electrons. The molecule has 1 aromatic carbocycles. The Morgan fingerprint density at radius 3 is 1.80 bits per heavy atom. The smallest absolute Gasteiger partial charge is 0.371 e. The van der Waals surface area contributed by atoms with E-state index in [1.54, 1.807) is 0 Å². The first kappa shape index (κ1) is 22.2. The van der Waals surface area contributed by atoms with E-state index in [1.165, 1.54) is 12.1 Å². The van der Waals surface area contributed by atoms with Gasteiger partial charge < -0.3 is 13.3 Å². The molecular formula is C19H32F2O3Si. The van der Waals surface area contributed by atoms with E-state index >= 15 is 0 Å². The number of halogens is 2. The lowest BCUT2D eigenvalue weighted by atomic mass is 10.1. The lowest BCUT2D eigenvalue weighted by Gasteiger charge is -2.34. The summed E-state index contributed by atoms with van der Waals surface area (Å²) >= 11 is 0. The van der Waals surface area contributed by atoms with Gasteiger partial charge in [-0.1, -0.05) is 6.07 Å². The van der Waals surface area contributed by atoms with E-state index in [0.717, 1.165) is 18.9 Å². The molecular weight excluding hydrogens is 342 g/mol. The van der Waals surface area contributed by atoms with Crippen LogP contribution in [0.2, 0.25) is 6.04 Å². The Bertz CT molecular complexity index is 495. The summed E-state index contributed by atoms with van der Waals surface area (Å²) in [5.74, 6) is -1.03. The van der Waals surface area contributed by atoms with Gasteiger partial charge in [-0.3, -0.25) is 0 Å². The number of benzene rings is 1. The molecule has 0 aliphatic rings. The van der Waals surface area contributed by atoms with Gasteiger partial charge in [-0.05, 0) is 72.4 Å². The second-order valence-corrected chi connectivity index (χ2v) is 9.70. The van der Waals surface area contributed by atoms with Crippen molar-refractivity contribution in [2.45, 2.75) is 85.2 Å². The summed E-state index contributed by atoms with van der Waals surface area (Å²) in [5, 5.41) is 0. The van der Waals surface area contributed by atoms with Crippen molar-refractivity contribution >= 4 is 8.80 Å². The third kappa shape index (κ3) is 8.40. The van der Waals surface area contributed by atoms with Gasteiger partial charge >= 0.3 is 8.80 Å². The first-order valence-corrected chi connectivity index (χ1v) is 11.0. The van der Waals surface area contributed by atoms with Gasteiger partial charge in [0, 0.05) is 30.4 Å².